The van der Waals surface area contributed by atoms with Gasteiger partial charge in [-0.15, -0.1) is 0 Å². The second-order valence-corrected chi connectivity index (χ2v) is 16.5. The fraction of sp³-hybridized carbons (Fsp3) is 0.0179. The van der Waals surface area contributed by atoms with Gasteiger partial charge in [-0.1, -0.05) is 206 Å². The quantitative estimate of drug-likeness (QED) is 0.174. The predicted molar refractivity (Wildman–Crippen MR) is 246 cm³/mol. The topological polar surface area (TPSA) is 38.7 Å². The molecule has 2 aliphatic rings. The Labute approximate surface area is 353 Å². The molecule has 0 bridgehead atoms. The molecule has 0 unspecified atom stereocenters. The largest absolute Gasteiger partial charge is 0.208 e. The van der Waals surface area contributed by atoms with Gasteiger partial charge in [0.15, 0.2) is 17.5 Å². The van der Waals surface area contributed by atoms with Gasteiger partial charge in [-0.05, 0) is 84.6 Å². The zero-order valence-electron chi connectivity index (χ0n) is 32.5. The molecule has 0 N–H and O–H groups in total. The zero-order valence-corrected chi connectivity index (χ0v) is 33.3. The lowest BCUT2D eigenvalue weighted by molar-refractivity contribution is 0.723. The highest BCUT2D eigenvalue weighted by Gasteiger charge is 2.50. The van der Waals surface area contributed by atoms with Crippen molar-refractivity contribution in [3.8, 4) is 67.5 Å². The van der Waals surface area contributed by atoms with Crippen LogP contribution >= 0.6 is 11.8 Å². The number of rotatable bonds is 5. The third-order valence-corrected chi connectivity index (χ3v) is 13.4. The Morgan fingerprint density at radius 1 is 0.300 bits per heavy atom. The molecule has 0 saturated carbocycles. The van der Waals surface area contributed by atoms with Crippen molar-refractivity contribution >= 4 is 22.5 Å². The molecule has 1 aromatic heterocycles. The van der Waals surface area contributed by atoms with E-state index in [-0.39, 0.29) is 0 Å². The fourth-order valence-corrected chi connectivity index (χ4v) is 11.0. The Kier molecular flexibility index (Phi) is 8.00. The van der Waals surface area contributed by atoms with Gasteiger partial charge in [-0.3, -0.25) is 0 Å². The summed E-state index contributed by atoms with van der Waals surface area (Å²) in [5.74, 6) is 1.92. The SMILES string of the molecule is c1ccc(-c2nc(-c3cccc(-c4cccc5c4Sc4ccccc4C54c5ccccc5-c5ccccc54)c3)nc(-c3ccc(-c4ccccc4)c4ccccc34)n2)cc1. The van der Waals surface area contributed by atoms with E-state index in [9.17, 15) is 0 Å². The van der Waals surface area contributed by atoms with Crippen molar-refractivity contribution in [2.45, 2.75) is 15.2 Å². The molecule has 1 spiro atoms. The highest BCUT2D eigenvalue weighted by atomic mass is 32.2. The molecule has 0 amide bonds. The average molecular weight is 782 g/mol. The molecule has 10 aromatic rings. The summed E-state index contributed by atoms with van der Waals surface area (Å²) in [5.41, 5.74) is 15.0. The maximum absolute atomic E-state index is 5.28. The standard InChI is InChI=1S/C56H35N3S/c1-3-17-36(18-4-1)40-33-34-46(43-24-8-7-23-42(40)43)55-58-53(37-19-5-2-6-20-37)57-54(59-55)39-22-15-21-38(35-39)41-27-16-31-50-52(41)60-51-32-14-13-30-49(51)56(50)47-28-11-9-25-44(47)45-26-10-12-29-48(45)56/h1-35H. The Morgan fingerprint density at radius 2 is 0.783 bits per heavy atom. The van der Waals surface area contributed by atoms with Crippen LogP contribution in [0.3, 0.4) is 0 Å². The second kappa shape index (κ2) is 13.9. The lowest BCUT2D eigenvalue weighted by Gasteiger charge is -2.40. The third-order valence-electron chi connectivity index (χ3n) is 12.2. The summed E-state index contributed by atoms with van der Waals surface area (Å²) in [7, 11) is 0. The van der Waals surface area contributed by atoms with E-state index < -0.39 is 5.41 Å². The van der Waals surface area contributed by atoms with Gasteiger partial charge in [-0.25, -0.2) is 15.0 Å². The summed E-state index contributed by atoms with van der Waals surface area (Å²) in [6.07, 6.45) is 0. The second-order valence-electron chi connectivity index (χ2n) is 15.4. The number of nitrogens with zero attached hydrogens (tertiary/aromatic N) is 3. The molecular weight excluding hydrogens is 747 g/mol. The van der Waals surface area contributed by atoms with Gasteiger partial charge < -0.3 is 0 Å². The van der Waals surface area contributed by atoms with Crippen molar-refractivity contribution in [1.82, 2.24) is 15.0 Å². The molecule has 4 heteroatoms. The first-order valence-corrected chi connectivity index (χ1v) is 21.2. The van der Waals surface area contributed by atoms with Gasteiger partial charge in [0, 0.05) is 26.5 Å². The highest BCUT2D eigenvalue weighted by molar-refractivity contribution is 7.99. The Bertz CT molecular complexity index is 3260. The summed E-state index contributed by atoms with van der Waals surface area (Å²) >= 11 is 1.87. The van der Waals surface area contributed by atoms with Crippen LogP contribution in [0, 0.1) is 0 Å². The summed E-state index contributed by atoms with van der Waals surface area (Å²) in [4.78, 5) is 18.2. The van der Waals surface area contributed by atoms with E-state index in [0.717, 1.165) is 33.0 Å². The van der Waals surface area contributed by atoms with E-state index in [0.29, 0.717) is 17.5 Å². The first-order valence-electron chi connectivity index (χ1n) is 20.4. The maximum Gasteiger partial charge on any atom is 0.164 e. The van der Waals surface area contributed by atoms with Gasteiger partial charge in [-0.2, -0.15) is 0 Å². The lowest BCUT2D eigenvalue weighted by atomic mass is 9.67. The van der Waals surface area contributed by atoms with Gasteiger partial charge >= 0.3 is 0 Å². The van der Waals surface area contributed by atoms with E-state index in [2.05, 4.69) is 194 Å². The molecule has 60 heavy (non-hydrogen) atoms. The zero-order chi connectivity index (χ0) is 39.6. The summed E-state index contributed by atoms with van der Waals surface area (Å²) in [5, 5.41) is 2.26. The number of aromatic nitrogens is 3. The Balaban J connectivity index is 1.04. The molecule has 12 rings (SSSR count). The van der Waals surface area contributed by atoms with Crippen molar-refractivity contribution in [3.05, 3.63) is 235 Å². The molecule has 1 aliphatic carbocycles. The van der Waals surface area contributed by atoms with E-state index >= 15 is 0 Å². The first kappa shape index (κ1) is 34.6. The van der Waals surface area contributed by atoms with Gasteiger partial charge in [0.05, 0.1) is 5.41 Å². The predicted octanol–water partition coefficient (Wildman–Crippen LogP) is 14.2. The van der Waals surface area contributed by atoms with Crippen LogP contribution in [0.15, 0.2) is 222 Å². The molecule has 9 aromatic carbocycles. The summed E-state index contributed by atoms with van der Waals surface area (Å²) < 4.78 is 0. The highest BCUT2D eigenvalue weighted by Crippen LogP contribution is 2.63. The van der Waals surface area contributed by atoms with Gasteiger partial charge in [0.1, 0.15) is 0 Å². The number of hydrogen-bond acceptors (Lipinski definition) is 4. The van der Waals surface area contributed by atoms with Gasteiger partial charge in [0.25, 0.3) is 0 Å². The molecule has 0 fully saturated rings. The smallest absolute Gasteiger partial charge is 0.164 e. The molecule has 1 aliphatic heterocycles. The van der Waals surface area contributed by atoms with Gasteiger partial charge in [0.2, 0.25) is 0 Å². The normalized spacial score (nSPS) is 13.1. The minimum Gasteiger partial charge on any atom is -0.208 e. The number of hydrogen-bond donors (Lipinski definition) is 0. The molecule has 0 atom stereocenters. The minimum atomic E-state index is -0.440. The van der Waals surface area contributed by atoms with Crippen LogP contribution in [-0.2, 0) is 5.41 Å². The van der Waals surface area contributed by atoms with E-state index in [1.54, 1.807) is 0 Å². The Morgan fingerprint density at radius 3 is 1.52 bits per heavy atom. The average Bonchev–Trinajstić information content (AvgIpc) is 3.62. The molecule has 2 heterocycles. The third kappa shape index (κ3) is 5.28. The van der Waals surface area contributed by atoms with Crippen LogP contribution < -0.4 is 0 Å². The minimum absolute atomic E-state index is 0.440. The summed E-state index contributed by atoms with van der Waals surface area (Å²) in [6.45, 7) is 0. The Hall–Kier alpha value is -7.40. The molecule has 280 valence electrons. The monoisotopic (exact) mass is 781 g/mol. The van der Waals surface area contributed by atoms with Crippen molar-refractivity contribution in [2.75, 3.05) is 0 Å². The van der Waals surface area contributed by atoms with Crippen LogP contribution in [0.2, 0.25) is 0 Å². The summed E-state index contributed by atoms with van der Waals surface area (Å²) in [6, 6.07) is 76.2. The van der Waals surface area contributed by atoms with E-state index in [1.165, 1.54) is 59.9 Å². The van der Waals surface area contributed by atoms with Crippen molar-refractivity contribution in [3.63, 3.8) is 0 Å². The molecule has 0 radical (unpaired) electrons. The van der Waals surface area contributed by atoms with Crippen molar-refractivity contribution in [2.24, 2.45) is 0 Å². The lowest BCUT2D eigenvalue weighted by Crippen LogP contribution is -2.32. The number of benzene rings is 9. The fourth-order valence-electron chi connectivity index (χ4n) is 9.64. The molecule has 0 saturated heterocycles. The molecular formula is C56H35N3S. The van der Waals surface area contributed by atoms with Crippen LogP contribution in [0.25, 0.3) is 78.3 Å². The van der Waals surface area contributed by atoms with Crippen LogP contribution in [-0.4, -0.2) is 15.0 Å². The van der Waals surface area contributed by atoms with Crippen molar-refractivity contribution in [1.29, 1.82) is 0 Å². The van der Waals surface area contributed by atoms with E-state index in [4.69, 9.17) is 15.0 Å². The van der Waals surface area contributed by atoms with Crippen LogP contribution in [0.1, 0.15) is 22.3 Å². The molecule has 3 nitrogen and oxygen atoms in total. The van der Waals surface area contributed by atoms with E-state index in [1.807, 2.05) is 30.0 Å². The van der Waals surface area contributed by atoms with Crippen LogP contribution in [0.5, 0.6) is 0 Å². The van der Waals surface area contributed by atoms with Crippen molar-refractivity contribution < 1.29 is 0 Å². The first-order chi connectivity index (χ1) is 29.8. The maximum atomic E-state index is 5.28. The van der Waals surface area contributed by atoms with Crippen LogP contribution in [0.4, 0.5) is 0 Å². The number of fused-ring (bicyclic) bond motifs is 10.